The lowest BCUT2D eigenvalue weighted by Crippen LogP contribution is -2.35. The van der Waals surface area contributed by atoms with Crippen LogP contribution in [0.2, 0.25) is 0 Å². The maximum Gasteiger partial charge on any atom is 0.311 e. The van der Waals surface area contributed by atoms with Gasteiger partial charge < -0.3 is 9.47 Å². The zero-order chi connectivity index (χ0) is 18.2. The van der Waals surface area contributed by atoms with E-state index in [1.54, 1.807) is 0 Å². The SMILES string of the molecule is CCC[C@H](C[C@H]1C=C[C@H]([C@@H](C)C(=O)OC)O1)N(C)Cc1ccccc1. The predicted molar refractivity (Wildman–Crippen MR) is 100 cm³/mol. The normalized spacial score (nSPS) is 22.1. The second kappa shape index (κ2) is 9.73. The monoisotopic (exact) mass is 345 g/mol. The van der Waals surface area contributed by atoms with Gasteiger partial charge in [0.1, 0.15) is 0 Å². The van der Waals surface area contributed by atoms with Crippen molar-refractivity contribution in [3.8, 4) is 0 Å². The van der Waals surface area contributed by atoms with Crippen molar-refractivity contribution in [3.05, 3.63) is 48.0 Å². The first-order valence-electron chi connectivity index (χ1n) is 9.20. The number of methoxy groups -OCH3 is 1. The van der Waals surface area contributed by atoms with Gasteiger partial charge in [-0.05, 0) is 32.4 Å². The van der Waals surface area contributed by atoms with Crippen LogP contribution in [0.5, 0.6) is 0 Å². The van der Waals surface area contributed by atoms with Gasteiger partial charge in [-0.2, -0.15) is 0 Å². The largest absolute Gasteiger partial charge is 0.469 e. The molecule has 0 unspecified atom stereocenters. The lowest BCUT2D eigenvalue weighted by Gasteiger charge is -2.30. The summed E-state index contributed by atoms with van der Waals surface area (Å²) in [5, 5.41) is 0. The van der Waals surface area contributed by atoms with Gasteiger partial charge in [0.2, 0.25) is 0 Å². The number of carbonyl (C=O) groups is 1. The van der Waals surface area contributed by atoms with E-state index in [0.29, 0.717) is 6.04 Å². The molecule has 1 aliphatic rings. The molecule has 1 aromatic carbocycles. The lowest BCUT2D eigenvalue weighted by atomic mass is 10.0. The summed E-state index contributed by atoms with van der Waals surface area (Å²) in [5.41, 5.74) is 1.33. The van der Waals surface area contributed by atoms with Gasteiger partial charge in [0.05, 0.1) is 25.2 Å². The van der Waals surface area contributed by atoms with E-state index >= 15 is 0 Å². The number of hydrogen-bond donors (Lipinski definition) is 0. The molecule has 0 N–H and O–H groups in total. The molecule has 4 nitrogen and oxygen atoms in total. The molecule has 4 heteroatoms. The van der Waals surface area contributed by atoms with E-state index in [4.69, 9.17) is 9.47 Å². The minimum absolute atomic E-state index is 0.0619. The van der Waals surface area contributed by atoms with Crippen molar-refractivity contribution in [1.82, 2.24) is 4.90 Å². The second-order valence-electron chi connectivity index (χ2n) is 6.91. The zero-order valence-corrected chi connectivity index (χ0v) is 15.9. The standard InChI is InChI=1S/C21H31NO3/c1-5-9-18(22(3)15-17-10-7-6-8-11-17)14-19-12-13-20(25-19)16(2)21(23)24-4/h6-8,10-13,16,18-20H,5,9,14-15H2,1-4H3/t16-,18-,19-,20-/m1/s1. The summed E-state index contributed by atoms with van der Waals surface area (Å²) in [4.78, 5) is 14.1. The Morgan fingerprint density at radius 1 is 1.28 bits per heavy atom. The van der Waals surface area contributed by atoms with Gasteiger partial charge in [0.15, 0.2) is 0 Å². The molecule has 4 atom stereocenters. The molecule has 0 fully saturated rings. The van der Waals surface area contributed by atoms with Gasteiger partial charge in [0, 0.05) is 12.6 Å². The molecule has 2 rings (SSSR count). The Morgan fingerprint density at radius 2 is 2.00 bits per heavy atom. The first-order chi connectivity index (χ1) is 12.0. The molecule has 0 bridgehead atoms. The molecule has 25 heavy (non-hydrogen) atoms. The van der Waals surface area contributed by atoms with Gasteiger partial charge in [-0.25, -0.2) is 0 Å². The van der Waals surface area contributed by atoms with Crippen molar-refractivity contribution >= 4 is 5.97 Å². The fourth-order valence-electron chi connectivity index (χ4n) is 3.38. The summed E-state index contributed by atoms with van der Waals surface area (Å²) in [6, 6.07) is 11.0. The highest BCUT2D eigenvalue weighted by Crippen LogP contribution is 2.25. The Labute approximate surface area is 151 Å². The van der Waals surface area contributed by atoms with Gasteiger partial charge in [0.25, 0.3) is 0 Å². The fraction of sp³-hybridized carbons (Fsp3) is 0.571. The number of benzene rings is 1. The van der Waals surface area contributed by atoms with Crippen molar-refractivity contribution in [3.63, 3.8) is 0 Å². The van der Waals surface area contributed by atoms with E-state index in [9.17, 15) is 4.79 Å². The van der Waals surface area contributed by atoms with Gasteiger partial charge in [-0.3, -0.25) is 9.69 Å². The van der Waals surface area contributed by atoms with Crippen LogP contribution in [0.4, 0.5) is 0 Å². The Kier molecular flexibility index (Phi) is 7.66. The molecular weight excluding hydrogens is 314 g/mol. The number of rotatable bonds is 9. The molecule has 0 aliphatic carbocycles. The summed E-state index contributed by atoms with van der Waals surface area (Å²) < 4.78 is 10.9. The van der Waals surface area contributed by atoms with Crippen LogP contribution in [0.15, 0.2) is 42.5 Å². The van der Waals surface area contributed by atoms with Crippen LogP contribution in [-0.2, 0) is 20.8 Å². The smallest absolute Gasteiger partial charge is 0.311 e. The lowest BCUT2D eigenvalue weighted by molar-refractivity contribution is -0.149. The topological polar surface area (TPSA) is 38.8 Å². The highest BCUT2D eigenvalue weighted by Gasteiger charge is 2.31. The summed E-state index contributed by atoms with van der Waals surface area (Å²) in [6.07, 6.45) is 7.20. The summed E-state index contributed by atoms with van der Waals surface area (Å²) in [6.45, 7) is 5.01. The van der Waals surface area contributed by atoms with E-state index in [1.165, 1.54) is 12.7 Å². The van der Waals surface area contributed by atoms with Crippen LogP contribution in [0, 0.1) is 5.92 Å². The molecule has 138 valence electrons. The minimum atomic E-state index is -0.266. The van der Waals surface area contributed by atoms with Crippen LogP contribution in [0.25, 0.3) is 0 Å². The Hall–Kier alpha value is -1.65. The van der Waals surface area contributed by atoms with Crippen molar-refractivity contribution < 1.29 is 14.3 Å². The minimum Gasteiger partial charge on any atom is -0.469 e. The van der Waals surface area contributed by atoms with E-state index in [0.717, 1.165) is 25.8 Å². The maximum atomic E-state index is 11.7. The third-order valence-corrected chi connectivity index (χ3v) is 4.94. The highest BCUT2D eigenvalue weighted by atomic mass is 16.5. The molecule has 0 spiro atoms. The number of ether oxygens (including phenoxy) is 2. The Bertz CT molecular complexity index is 558. The second-order valence-corrected chi connectivity index (χ2v) is 6.91. The third-order valence-electron chi connectivity index (χ3n) is 4.94. The highest BCUT2D eigenvalue weighted by molar-refractivity contribution is 5.73. The Balaban J connectivity index is 1.91. The predicted octanol–water partition coefficient (Wildman–Crippen LogP) is 3.81. The van der Waals surface area contributed by atoms with Crippen LogP contribution in [0.1, 0.15) is 38.7 Å². The quantitative estimate of drug-likeness (QED) is 0.504. The number of carbonyl (C=O) groups excluding carboxylic acids is 1. The number of hydrogen-bond acceptors (Lipinski definition) is 4. The molecule has 0 saturated heterocycles. The average molecular weight is 345 g/mol. The van der Waals surface area contributed by atoms with E-state index in [2.05, 4.69) is 49.2 Å². The summed E-state index contributed by atoms with van der Waals surface area (Å²) in [7, 11) is 3.60. The van der Waals surface area contributed by atoms with Crippen molar-refractivity contribution in [2.24, 2.45) is 5.92 Å². The number of esters is 1. The molecule has 1 aliphatic heterocycles. The fourth-order valence-corrected chi connectivity index (χ4v) is 3.38. The van der Waals surface area contributed by atoms with Gasteiger partial charge in [-0.1, -0.05) is 55.8 Å². The third kappa shape index (κ3) is 5.68. The summed E-state index contributed by atoms with van der Waals surface area (Å²) in [5.74, 6) is -0.487. The molecule has 1 heterocycles. The summed E-state index contributed by atoms with van der Waals surface area (Å²) >= 11 is 0. The van der Waals surface area contributed by atoms with Gasteiger partial charge >= 0.3 is 5.97 Å². The molecule has 1 aromatic rings. The molecule has 0 saturated carbocycles. The molecule has 0 amide bonds. The Morgan fingerprint density at radius 3 is 2.64 bits per heavy atom. The van der Waals surface area contributed by atoms with Crippen molar-refractivity contribution in [2.75, 3.05) is 14.2 Å². The van der Waals surface area contributed by atoms with E-state index < -0.39 is 0 Å². The van der Waals surface area contributed by atoms with Crippen LogP contribution < -0.4 is 0 Å². The molecule has 0 radical (unpaired) electrons. The maximum absolute atomic E-state index is 11.7. The molecular formula is C21H31NO3. The molecule has 0 aromatic heterocycles. The zero-order valence-electron chi connectivity index (χ0n) is 15.9. The first-order valence-corrected chi connectivity index (χ1v) is 9.20. The number of nitrogens with zero attached hydrogens (tertiary/aromatic N) is 1. The van der Waals surface area contributed by atoms with Crippen LogP contribution >= 0.6 is 0 Å². The van der Waals surface area contributed by atoms with E-state index in [1.807, 2.05) is 19.1 Å². The van der Waals surface area contributed by atoms with Gasteiger partial charge in [-0.15, -0.1) is 0 Å². The first kappa shape index (κ1) is 19.7. The van der Waals surface area contributed by atoms with Crippen molar-refractivity contribution in [1.29, 1.82) is 0 Å². The van der Waals surface area contributed by atoms with E-state index in [-0.39, 0.29) is 24.1 Å². The average Bonchev–Trinajstić information content (AvgIpc) is 3.09. The van der Waals surface area contributed by atoms with Crippen LogP contribution in [0.3, 0.4) is 0 Å². The van der Waals surface area contributed by atoms with Crippen LogP contribution in [-0.4, -0.2) is 43.3 Å². The van der Waals surface area contributed by atoms with Crippen molar-refractivity contribution in [2.45, 2.75) is 57.9 Å².